The van der Waals surface area contributed by atoms with Crippen LogP contribution in [0.1, 0.15) is 19.1 Å². The van der Waals surface area contributed by atoms with Crippen LogP contribution < -0.4 is 12.4 Å². The van der Waals surface area contributed by atoms with Crippen molar-refractivity contribution in [2.45, 2.75) is 26.1 Å². The minimum Gasteiger partial charge on any atom is -1.00 e. The van der Waals surface area contributed by atoms with Crippen molar-refractivity contribution in [3.05, 3.63) is 41.9 Å². The maximum atomic E-state index is 13.5. The predicted molar refractivity (Wildman–Crippen MR) is 83.9 cm³/mol. The van der Waals surface area contributed by atoms with Crippen molar-refractivity contribution < 1.29 is 36.9 Å². The van der Waals surface area contributed by atoms with Crippen LogP contribution in [-0.4, -0.2) is 30.8 Å². The SMILES string of the molecule is Cc1nn(CCC(=O)O)c2nc(-c3cccnc3)cc(C(F)(F)F)c12.[Cl-].[H+]. The van der Waals surface area contributed by atoms with E-state index in [-0.39, 0.29) is 49.2 Å². The molecule has 0 saturated heterocycles. The van der Waals surface area contributed by atoms with Gasteiger partial charge in [0.1, 0.15) is 0 Å². The Kier molecular flexibility index (Phi) is 5.50. The number of aromatic nitrogens is 4. The third kappa shape index (κ3) is 3.77. The van der Waals surface area contributed by atoms with E-state index in [0.717, 1.165) is 6.07 Å². The second-order valence-corrected chi connectivity index (χ2v) is 5.45. The van der Waals surface area contributed by atoms with Gasteiger partial charge >= 0.3 is 13.6 Å². The van der Waals surface area contributed by atoms with E-state index in [1.807, 2.05) is 0 Å². The summed E-state index contributed by atoms with van der Waals surface area (Å²) in [6, 6.07) is 4.17. The van der Waals surface area contributed by atoms with Crippen LogP contribution in [-0.2, 0) is 17.5 Å². The van der Waals surface area contributed by atoms with E-state index in [4.69, 9.17) is 5.11 Å². The standard InChI is InChI=1S/C16H13F3N4O2.ClH/c1-9-14-11(16(17,18)19)7-12(10-3-2-5-20-8-10)21-15(14)23(22-9)6-4-13(24)25;/h2-3,5,7-8H,4,6H2,1H3,(H,24,25);1H. The normalized spacial score (nSPS) is 11.4. The van der Waals surface area contributed by atoms with Crippen molar-refractivity contribution in [2.75, 3.05) is 0 Å². The van der Waals surface area contributed by atoms with E-state index in [1.54, 1.807) is 12.1 Å². The number of hydrogen-bond donors (Lipinski definition) is 1. The first-order valence-corrected chi connectivity index (χ1v) is 7.35. The van der Waals surface area contributed by atoms with E-state index in [9.17, 15) is 18.0 Å². The summed E-state index contributed by atoms with van der Waals surface area (Å²) in [6.45, 7) is 1.38. The largest absolute Gasteiger partial charge is 1.00 e. The first kappa shape index (κ1) is 19.6. The number of hydrogen-bond acceptors (Lipinski definition) is 4. The van der Waals surface area contributed by atoms with Gasteiger partial charge in [-0.3, -0.25) is 9.78 Å². The number of pyridine rings is 2. The first-order valence-electron chi connectivity index (χ1n) is 7.35. The number of carboxylic acid groups (broad SMARTS) is 1. The molecule has 0 radical (unpaired) electrons. The van der Waals surface area contributed by atoms with Crippen molar-refractivity contribution in [2.24, 2.45) is 0 Å². The van der Waals surface area contributed by atoms with Crippen molar-refractivity contribution in [3.63, 3.8) is 0 Å². The lowest BCUT2D eigenvalue weighted by Crippen LogP contribution is -3.00. The summed E-state index contributed by atoms with van der Waals surface area (Å²) in [5.74, 6) is -1.07. The number of nitrogens with zero attached hydrogens (tertiary/aromatic N) is 4. The minimum absolute atomic E-state index is 0. The average Bonchev–Trinajstić information content (AvgIpc) is 2.88. The molecule has 0 fully saturated rings. The Hall–Kier alpha value is -2.68. The zero-order valence-electron chi connectivity index (χ0n) is 14.5. The van der Waals surface area contributed by atoms with Crippen LogP contribution in [0.5, 0.6) is 0 Å². The van der Waals surface area contributed by atoms with Crippen LogP contribution in [0.25, 0.3) is 22.3 Å². The molecule has 0 aliphatic heterocycles. The van der Waals surface area contributed by atoms with Crippen molar-refractivity contribution in [1.29, 1.82) is 0 Å². The zero-order chi connectivity index (χ0) is 18.2. The molecule has 1 N–H and O–H groups in total. The van der Waals surface area contributed by atoms with Crippen molar-refractivity contribution in [3.8, 4) is 11.3 Å². The van der Waals surface area contributed by atoms with Crippen LogP contribution in [0.2, 0.25) is 0 Å². The molecule has 6 nitrogen and oxygen atoms in total. The second kappa shape index (κ2) is 7.28. The summed E-state index contributed by atoms with van der Waals surface area (Å²) in [4.78, 5) is 19.0. The molecule has 0 aromatic carbocycles. The number of rotatable bonds is 4. The zero-order valence-corrected chi connectivity index (χ0v) is 14.2. The number of aliphatic carboxylic acids is 1. The molecule has 3 aromatic rings. The van der Waals surface area contributed by atoms with Gasteiger partial charge in [-0.2, -0.15) is 18.3 Å². The fraction of sp³-hybridized carbons (Fsp3) is 0.250. The number of aryl methyl sites for hydroxylation is 2. The van der Waals surface area contributed by atoms with Gasteiger partial charge in [-0.1, -0.05) is 0 Å². The van der Waals surface area contributed by atoms with Gasteiger partial charge in [0.15, 0.2) is 5.65 Å². The Balaban J connectivity index is 0.00000182. The molecular weight excluding hydrogens is 373 g/mol. The number of carbonyl (C=O) groups is 1. The summed E-state index contributed by atoms with van der Waals surface area (Å²) < 4.78 is 41.8. The summed E-state index contributed by atoms with van der Waals surface area (Å²) >= 11 is 0. The highest BCUT2D eigenvalue weighted by Crippen LogP contribution is 2.38. The van der Waals surface area contributed by atoms with Gasteiger partial charge in [-0.25, -0.2) is 9.67 Å². The molecule has 3 heterocycles. The fourth-order valence-electron chi connectivity index (χ4n) is 2.60. The van der Waals surface area contributed by atoms with Gasteiger partial charge in [-0.15, -0.1) is 0 Å². The van der Waals surface area contributed by atoms with Gasteiger partial charge in [0.25, 0.3) is 0 Å². The van der Waals surface area contributed by atoms with Crippen LogP contribution in [0.15, 0.2) is 30.6 Å². The summed E-state index contributed by atoms with van der Waals surface area (Å²) in [6.07, 6.45) is -1.94. The fourth-order valence-corrected chi connectivity index (χ4v) is 2.60. The molecule has 138 valence electrons. The molecule has 0 aliphatic carbocycles. The highest BCUT2D eigenvalue weighted by atomic mass is 35.5. The van der Waals surface area contributed by atoms with Gasteiger partial charge in [0.2, 0.25) is 0 Å². The lowest BCUT2D eigenvalue weighted by atomic mass is 10.1. The van der Waals surface area contributed by atoms with Gasteiger partial charge < -0.3 is 17.5 Å². The Morgan fingerprint density at radius 3 is 2.69 bits per heavy atom. The molecule has 26 heavy (non-hydrogen) atoms. The Bertz CT molecular complexity index is 948. The molecule has 0 unspecified atom stereocenters. The molecule has 0 spiro atoms. The lowest BCUT2D eigenvalue weighted by molar-refractivity contribution is -0.137. The average molecular weight is 387 g/mol. The smallest absolute Gasteiger partial charge is 1.00 e. The van der Waals surface area contributed by atoms with Gasteiger partial charge in [0, 0.05) is 18.0 Å². The van der Waals surface area contributed by atoms with Crippen molar-refractivity contribution >= 4 is 17.0 Å². The Morgan fingerprint density at radius 2 is 2.12 bits per heavy atom. The molecule has 10 heteroatoms. The number of fused-ring (bicyclic) bond motifs is 1. The van der Waals surface area contributed by atoms with E-state index < -0.39 is 17.7 Å². The third-order valence-electron chi connectivity index (χ3n) is 3.68. The number of halogens is 4. The van der Waals surface area contributed by atoms with Crippen LogP contribution in [0.4, 0.5) is 13.2 Å². The molecular formula is C16H14ClF3N4O2. The Labute approximate surface area is 153 Å². The summed E-state index contributed by atoms with van der Waals surface area (Å²) in [5.41, 5.74) is -0.163. The van der Waals surface area contributed by atoms with E-state index in [2.05, 4.69) is 15.1 Å². The number of alkyl halides is 3. The summed E-state index contributed by atoms with van der Waals surface area (Å²) in [5, 5.41) is 12.7. The van der Waals surface area contributed by atoms with Crippen LogP contribution >= 0.6 is 0 Å². The van der Waals surface area contributed by atoms with Gasteiger partial charge in [0.05, 0.1) is 35.3 Å². The molecule has 0 amide bonds. The first-order chi connectivity index (χ1) is 11.8. The Morgan fingerprint density at radius 1 is 1.38 bits per heavy atom. The quantitative estimate of drug-likeness (QED) is 0.702. The third-order valence-corrected chi connectivity index (χ3v) is 3.68. The molecule has 0 saturated carbocycles. The van der Waals surface area contributed by atoms with Crippen LogP contribution in [0, 0.1) is 6.92 Å². The molecule has 0 atom stereocenters. The van der Waals surface area contributed by atoms with E-state index in [1.165, 1.54) is 24.0 Å². The van der Waals surface area contributed by atoms with E-state index in [0.29, 0.717) is 5.56 Å². The highest BCUT2D eigenvalue weighted by Gasteiger charge is 2.35. The summed E-state index contributed by atoms with van der Waals surface area (Å²) in [7, 11) is 0. The maximum Gasteiger partial charge on any atom is 1.00 e. The molecule has 0 bridgehead atoms. The molecule has 0 aliphatic rings. The topological polar surface area (TPSA) is 80.9 Å². The number of carboxylic acids is 1. The molecule has 3 aromatic heterocycles. The van der Waals surface area contributed by atoms with Crippen molar-refractivity contribution in [1.82, 2.24) is 19.7 Å². The van der Waals surface area contributed by atoms with E-state index >= 15 is 0 Å². The maximum absolute atomic E-state index is 13.5. The van der Waals surface area contributed by atoms with Gasteiger partial charge in [-0.05, 0) is 25.1 Å². The second-order valence-electron chi connectivity index (χ2n) is 5.45. The predicted octanol–water partition coefficient (Wildman–Crippen LogP) is 0.412. The highest BCUT2D eigenvalue weighted by molar-refractivity contribution is 5.85. The monoisotopic (exact) mass is 386 g/mol. The van der Waals surface area contributed by atoms with Crippen LogP contribution in [0.3, 0.4) is 0 Å². The lowest BCUT2D eigenvalue weighted by Gasteiger charge is -2.11. The molecule has 3 rings (SSSR count). The minimum atomic E-state index is -4.59.